The minimum absolute atomic E-state index is 0.135. The monoisotopic (exact) mass is 392 g/mol. The smallest absolute Gasteiger partial charge is 0.289 e. The second-order valence-electron chi connectivity index (χ2n) is 6.54. The van der Waals surface area contributed by atoms with Gasteiger partial charge in [0.1, 0.15) is 17.2 Å². The molecule has 2 aromatic carbocycles. The molecule has 0 aliphatic rings. The van der Waals surface area contributed by atoms with Crippen LogP contribution in [0.15, 0.2) is 59.7 Å². The van der Waals surface area contributed by atoms with Gasteiger partial charge in [-0.25, -0.2) is 5.43 Å². The fourth-order valence-corrected chi connectivity index (χ4v) is 2.68. The molecule has 1 aromatic heterocycles. The number of rotatable bonds is 9. The van der Waals surface area contributed by atoms with Gasteiger partial charge >= 0.3 is 0 Å². The first-order valence-corrected chi connectivity index (χ1v) is 9.57. The normalized spacial score (nSPS) is 10.9. The van der Waals surface area contributed by atoms with Crippen LogP contribution in [0.4, 0.5) is 0 Å². The number of phenolic OH excluding ortho intramolecular Hbond substituents is 1. The van der Waals surface area contributed by atoms with E-state index >= 15 is 0 Å². The molecule has 150 valence electrons. The Hall–Kier alpha value is -3.61. The second-order valence-corrected chi connectivity index (χ2v) is 6.54. The summed E-state index contributed by atoms with van der Waals surface area (Å²) >= 11 is 0. The van der Waals surface area contributed by atoms with Gasteiger partial charge in [0.15, 0.2) is 0 Å². The number of carbonyl (C=O) groups excluding carboxylic acids is 1. The summed E-state index contributed by atoms with van der Waals surface area (Å²) in [6, 6.07) is 15.8. The second kappa shape index (κ2) is 10.1. The molecule has 0 spiro atoms. The number of amides is 1. The fourth-order valence-electron chi connectivity index (χ4n) is 2.68. The fraction of sp³-hybridized carbons (Fsp3) is 0.227. The predicted molar refractivity (Wildman–Crippen MR) is 112 cm³/mol. The van der Waals surface area contributed by atoms with E-state index in [-0.39, 0.29) is 5.75 Å². The van der Waals surface area contributed by atoms with E-state index in [4.69, 9.17) is 4.74 Å². The van der Waals surface area contributed by atoms with Crippen LogP contribution < -0.4 is 10.2 Å². The summed E-state index contributed by atoms with van der Waals surface area (Å²) in [7, 11) is 0. The SMILES string of the molecule is CCCCCOc1ccc(-c2cc(C(=O)NN=Cc3cccc(O)c3)[nH]n2)cc1. The van der Waals surface area contributed by atoms with Gasteiger partial charge in [0.05, 0.1) is 18.5 Å². The molecule has 1 amide bonds. The first kappa shape index (κ1) is 20.1. The quantitative estimate of drug-likeness (QED) is 0.290. The minimum Gasteiger partial charge on any atom is -0.508 e. The first-order valence-electron chi connectivity index (χ1n) is 9.57. The zero-order chi connectivity index (χ0) is 20.5. The van der Waals surface area contributed by atoms with Crippen molar-refractivity contribution in [2.24, 2.45) is 5.10 Å². The highest BCUT2D eigenvalue weighted by atomic mass is 16.5. The molecule has 0 bridgehead atoms. The van der Waals surface area contributed by atoms with E-state index in [1.165, 1.54) is 12.6 Å². The third-order valence-corrected chi connectivity index (χ3v) is 4.24. The third kappa shape index (κ3) is 5.93. The van der Waals surface area contributed by atoms with Crippen LogP contribution in [0.2, 0.25) is 0 Å². The Balaban J connectivity index is 1.56. The van der Waals surface area contributed by atoms with Crippen molar-refractivity contribution in [1.82, 2.24) is 15.6 Å². The maximum Gasteiger partial charge on any atom is 0.289 e. The number of benzene rings is 2. The van der Waals surface area contributed by atoms with Gasteiger partial charge in [0.25, 0.3) is 5.91 Å². The van der Waals surface area contributed by atoms with Crippen molar-refractivity contribution >= 4 is 12.1 Å². The number of nitrogens with zero attached hydrogens (tertiary/aromatic N) is 2. The summed E-state index contributed by atoms with van der Waals surface area (Å²) in [6.45, 7) is 2.87. The lowest BCUT2D eigenvalue weighted by Gasteiger charge is -2.06. The Bertz CT molecular complexity index is 964. The van der Waals surface area contributed by atoms with Crippen molar-refractivity contribution in [3.05, 3.63) is 65.9 Å². The lowest BCUT2D eigenvalue weighted by molar-refractivity contribution is 0.0950. The Kier molecular flexibility index (Phi) is 7.00. The van der Waals surface area contributed by atoms with Crippen LogP contribution >= 0.6 is 0 Å². The molecule has 7 heteroatoms. The van der Waals surface area contributed by atoms with Crippen molar-refractivity contribution in [2.45, 2.75) is 26.2 Å². The lowest BCUT2D eigenvalue weighted by Crippen LogP contribution is -2.17. The van der Waals surface area contributed by atoms with Gasteiger partial charge in [-0.1, -0.05) is 31.9 Å². The van der Waals surface area contributed by atoms with E-state index in [2.05, 4.69) is 27.6 Å². The van der Waals surface area contributed by atoms with E-state index in [0.717, 1.165) is 24.2 Å². The van der Waals surface area contributed by atoms with E-state index in [1.54, 1.807) is 30.3 Å². The molecule has 0 saturated heterocycles. The van der Waals surface area contributed by atoms with Gasteiger partial charge in [-0.05, 0) is 54.4 Å². The number of hydrogen-bond donors (Lipinski definition) is 3. The van der Waals surface area contributed by atoms with Crippen molar-refractivity contribution in [3.63, 3.8) is 0 Å². The standard InChI is InChI=1S/C22H24N4O3/c1-2-3-4-12-29-19-10-8-17(9-11-19)20-14-21(25-24-20)22(28)26-23-15-16-6-5-7-18(27)13-16/h5-11,13-15,27H,2-4,12H2,1H3,(H,24,25)(H,26,28). The average Bonchev–Trinajstić information content (AvgIpc) is 3.22. The van der Waals surface area contributed by atoms with Gasteiger partial charge in [-0.2, -0.15) is 10.2 Å². The molecule has 0 radical (unpaired) electrons. The van der Waals surface area contributed by atoms with Crippen molar-refractivity contribution in [2.75, 3.05) is 6.61 Å². The molecular formula is C22H24N4O3. The summed E-state index contributed by atoms with van der Waals surface area (Å²) in [6.07, 6.45) is 4.82. The molecule has 0 atom stereocenters. The third-order valence-electron chi connectivity index (χ3n) is 4.24. The largest absolute Gasteiger partial charge is 0.508 e. The molecular weight excluding hydrogens is 368 g/mol. The van der Waals surface area contributed by atoms with Crippen LogP contribution in [0, 0.1) is 0 Å². The first-order chi connectivity index (χ1) is 14.2. The highest BCUT2D eigenvalue weighted by molar-refractivity contribution is 5.94. The molecule has 0 aliphatic carbocycles. The lowest BCUT2D eigenvalue weighted by atomic mass is 10.1. The molecule has 7 nitrogen and oxygen atoms in total. The van der Waals surface area contributed by atoms with Crippen molar-refractivity contribution in [3.8, 4) is 22.8 Å². The highest BCUT2D eigenvalue weighted by Crippen LogP contribution is 2.21. The molecule has 3 aromatic rings. The van der Waals surface area contributed by atoms with Crippen LogP contribution in [0.1, 0.15) is 42.2 Å². The number of aromatic hydroxyl groups is 1. The van der Waals surface area contributed by atoms with Gasteiger partial charge in [-0.15, -0.1) is 0 Å². The summed E-state index contributed by atoms with van der Waals surface area (Å²) in [4.78, 5) is 12.2. The van der Waals surface area contributed by atoms with E-state index in [9.17, 15) is 9.90 Å². The van der Waals surface area contributed by atoms with Crippen molar-refractivity contribution < 1.29 is 14.6 Å². The zero-order valence-electron chi connectivity index (χ0n) is 16.3. The zero-order valence-corrected chi connectivity index (χ0v) is 16.3. The van der Waals surface area contributed by atoms with Crippen LogP contribution in [0.25, 0.3) is 11.3 Å². The molecule has 0 saturated carbocycles. The number of H-pyrrole nitrogens is 1. The van der Waals surface area contributed by atoms with Gasteiger partial charge in [0, 0.05) is 5.56 Å². The Morgan fingerprint density at radius 2 is 2.03 bits per heavy atom. The molecule has 0 fully saturated rings. The maximum absolute atomic E-state index is 12.2. The number of ether oxygens (including phenoxy) is 1. The highest BCUT2D eigenvalue weighted by Gasteiger charge is 2.10. The Morgan fingerprint density at radius 1 is 1.21 bits per heavy atom. The predicted octanol–water partition coefficient (Wildman–Crippen LogP) is 4.12. The number of hydrazone groups is 1. The number of aromatic nitrogens is 2. The van der Waals surface area contributed by atoms with Gasteiger partial charge in [0.2, 0.25) is 0 Å². The maximum atomic E-state index is 12.2. The molecule has 0 aliphatic heterocycles. The summed E-state index contributed by atoms with van der Waals surface area (Å²) in [5.41, 5.74) is 4.94. The summed E-state index contributed by atoms with van der Waals surface area (Å²) in [5, 5.41) is 20.2. The topological polar surface area (TPSA) is 99.6 Å². The average molecular weight is 392 g/mol. The molecule has 1 heterocycles. The van der Waals surface area contributed by atoms with E-state index in [1.807, 2.05) is 24.3 Å². The van der Waals surface area contributed by atoms with E-state index < -0.39 is 5.91 Å². The number of phenols is 1. The van der Waals surface area contributed by atoms with Crippen molar-refractivity contribution in [1.29, 1.82) is 0 Å². The molecule has 3 N–H and O–H groups in total. The van der Waals surface area contributed by atoms with Gasteiger partial charge < -0.3 is 9.84 Å². The minimum atomic E-state index is -0.406. The molecule has 0 unspecified atom stereocenters. The van der Waals surface area contributed by atoms with Crippen LogP contribution in [-0.2, 0) is 0 Å². The molecule has 3 rings (SSSR count). The Labute approximate surface area is 169 Å². The molecule has 29 heavy (non-hydrogen) atoms. The summed E-state index contributed by atoms with van der Waals surface area (Å²) in [5.74, 6) is 0.548. The number of nitrogens with one attached hydrogen (secondary N) is 2. The van der Waals surface area contributed by atoms with Crippen LogP contribution in [0.5, 0.6) is 11.5 Å². The van der Waals surface area contributed by atoms with Gasteiger partial charge in [-0.3, -0.25) is 9.89 Å². The number of aromatic amines is 1. The van der Waals surface area contributed by atoms with Crippen LogP contribution in [0.3, 0.4) is 0 Å². The summed E-state index contributed by atoms with van der Waals surface area (Å²) < 4.78 is 5.71. The Morgan fingerprint density at radius 3 is 2.79 bits per heavy atom. The number of unbranched alkanes of at least 4 members (excludes halogenated alkanes) is 2. The van der Waals surface area contributed by atoms with Crippen LogP contribution in [-0.4, -0.2) is 34.0 Å². The van der Waals surface area contributed by atoms with E-state index in [0.29, 0.717) is 23.6 Å². The number of hydrogen-bond acceptors (Lipinski definition) is 5. The number of carbonyl (C=O) groups is 1.